The summed E-state index contributed by atoms with van der Waals surface area (Å²) in [6.45, 7) is 1.40. The molecule has 1 aromatic heterocycles. The molecule has 0 aliphatic rings. The summed E-state index contributed by atoms with van der Waals surface area (Å²) in [6.07, 6.45) is 1.48. The first kappa shape index (κ1) is 16.6. The van der Waals surface area contributed by atoms with Crippen LogP contribution < -0.4 is 10.9 Å². The Hall–Kier alpha value is -3.22. The summed E-state index contributed by atoms with van der Waals surface area (Å²) in [4.78, 5) is 22.8. The standard InChI is InChI=1S/C18H14F2N2O3/c1-11(23)21-10-22-9-16(18(24)25-22)13-4-2-12(3-5-13)15-7-6-14(19)8-17(15)20/h2-9H,10H2,1H3,(H,21,23). The van der Waals surface area contributed by atoms with Crippen LogP contribution in [-0.2, 0) is 11.5 Å². The molecule has 1 N–H and O–H groups in total. The molecule has 0 saturated heterocycles. The van der Waals surface area contributed by atoms with Crippen LogP contribution in [-0.4, -0.2) is 10.6 Å². The lowest BCUT2D eigenvalue weighted by molar-refractivity contribution is -0.119. The highest BCUT2D eigenvalue weighted by atomic mass is 19.1. The molecule has 3 aromatic rings. The van der Waals surface area contributed by atoms with Gasteiger partial charge in [-0.05, 0) is 23.3 Å². The fourth-order valence-corrected chi connectivity index (χ4v) is 2.39. The number of nitrogens with zero attached hydrogens (tertiary/aromatic N) is 1. The molecule has 5 nitrogen and oxygen atoms in total. The lowest BCUT2D eigenvalue weighted by atomic mass is 10.0. The van der Waals surface area contributed by atoms with E-state index in [-0.39, 0.29) is 18.1 Å². The molecule has 0 unspecified atom stereocenters. The molecule has 0 aliphatic carbocycles. The number of benzene rings is 2. The number of hydrogen-bond donors (Lipinski definition) is 1. The van der Waals surface area contributed by atoms with Crippen LogP contribution in [0.1, 0.15) is 6.92 Å². The van der Waals surface area contributed by atoms with Crippen molar-refractivity contribution in [3.63, 3.8) is 0 Å². The minimum absolute atomic E-state index is 0.0451. The molecule has 3 rings (SSSR count). The Morgan fingerprint density at radius 2 is 1.72 bits per heavy atom. The highest BCUT2D eigenvalue weighted by Crippen LogP contribution is 2.26. The Bertz CT molecular complexity index is 975. The average Bonchev–Trinajstić information content (AvgIpc) is 2.94. The second-order valence-electron chi connectivity index (χ2n) is 5.43. The van der Waals surface area contributed by atoms with Crippen LogP contribution in [0.2, 0.25) is 0 Å². The Morgan fingerprint density at radius 3 is 2.32 bits per heavy atom. The van der Waals surface area contributed by atoms with E-state index < -0.39 is 17.3 Å². The fraction of sp³-hybridized carbons (Fsp3) is 0.111. The lowest BCUT2D eigenvalue weighted by Gasteiger charge is -2.04. The summed E-state index contributed by atoms with van der Waals surface area (Å²) in [5, 5.41) is 2.51. The van der Waals surface area contributed by atoms with Gasteiger partial charge in [-0.25, -0.2) is 13.6 Å². The zero-order valence-corrected chi connectivity index (χ0v) is 13.3. The zero-order valence-electron chi connectivity index (χ0n) is 13.3. The van der Waals surface area contributed by atoms with E-state index in [4.69, 9.17) is 4.52 Å². The Morgan fingerprint density at radius 1 is 1.08 bits per heavy atom. The van der Waals surface area contributed by atoms with Gasteiger partial charge in [0.25, 0.3) is 0 Å². The first-order chi connectivity index (χ1) is 11.9. The van der Waals surface area contributed by atoms with Crippen LogP contribution in [0.25, 0.3) is 22.3 Å². The van der Waals surface area contributed by atoms with Crippen LogP contribution in [0.3, 0.4) is 0 Å². The van der Waals surface area contributed by atoms with Crippen LogP contribution in [0.4, 0.5) is 8.78 Å². The molecule has 7 heteroatoms. The molecule has 128 valence electrons. The van der Waals surface area contributed by atoms with Crippen LogP contribution in [0.15, 0.2) is 58.0 Å². The van der Waals surface area contributed by atoms with Crippen molar-refractivity contribution in [1.82, 2.24) is 10.1 Å². The predicted molar refractivity (Wildman–Crippen MR) is 87.6 cm³/mol. The quantitative estimate of drug-likeness (QED) is 0.791. The molecular formula is C18H14F2N2O3. The third-order valence-electron chi connectivity index (χ3n) is 3.62. The van der Waals surface area contributed by atoms with E-state index in [1.54, 1.807) is 24.3 Å². The molecule has 25 heavy (non-hydrogen) atoms. The fourth-order valence-electron chi connectivity index (χ4n) is 2.39. The minimum Gasteiger partial charge on any atom is -0.336 e. The molecule has 1 amide bonds. The van der Waals surface area contributed by atoms with Crippen molar-refractivity contribution < 1.29 is 18.1 Å². The van der Waals surface area contributed by atoms with Gasteiger partial charge in [0.2, 0.25) is 5.91 Å². The predicted octanol–water partition coefficient (Wildman–Crippen LogP) is 3.15. The first-order valence-corrected chi connectivity index (χ1v) is 7.45. The van der Waals surface area contributed by atoms with Crippen molar-refractivity contribution in [3.05, 3.63) is 70.7 Å². The van der Waals surface area contributed by atoms with Gasteiger partial charge in [0.1, 0.15) is 18.3 Å². The molecule has 0 spiro atoms. The van der Waals surface area contributed by atoms with E-state index in [0.29, 0.717) is 16.7 Å². The van der Waals surface area contributed by atoms with Gasteiger partial charge in [0.15, 0.2) is 0 Å². The molecule has 0 saturated carbocycles. The summed E-state index contributed by atoms with van der Waals surface area (Å²) in [5.74, 6) is -1.55. The maximum atomic E-state index is 13.8. The second-order valence-corrected chi connectivity index (χ2v) is 5.43. The minimum atomic E-state index is -0.659. The molecule has 0 atom stereocenters. The molecule has 0 fully saturated rings. The largest absolute Gasteiger partial charge is 0.365 e. The Balaban J connectivity index is 1.87. The lowest BCUT2D eigenvalue weighted by Crippen LogP contribution is -2.22. The highest BCUT2D eigenvalue weighted by molar-refractivity contribution is 5.72. The van der Waals surface area contributed by atoms with Gasteiger partial charge in [0, 0.05) is 18.6 Å². The molecule has 2 aromatic carbocycles. The smallest absolute Gasteiger partial charge is 0.336 e. The van der Waals surface area contributed by atoms with Crippen molar-refractivity contribution in [2.75, 3.05) is 0 Å². The SMILES string of the molecule is CC(=O)NCn1cc(-c2ccc(-c3ccc(F)cc3F)cc2)c(=O)o1. The molecule has 1 heterocycles. The van der Waals surface area contributed by atoms with Gasteiger partial charge >= 0.3 is 5.63 Å². The molecule has 0 aliphatic heterocycles. The number of nitrogens with one attached hydrogen (secondary N) is 1. The highest BCUT2D eigenvalue weighted by Gasteiger charge is 2.11. The summed E-state index contributed by atoms with van der Waals surface area (Å²) in [6, 6.07) is 9.92. The van der Waals surface area contributed by atoms with Crippen molar-refractivity contribution >= 4 is 5.91 Å². The first-order valence-electron chi connectivity index (χ1n) is 7.45. The van der Waals surface area contributed by atoms with Gasteiger partial charge in [0.05, 0.1) is 11.8 Å². The van der Waals surface area contributed by atoms with Gasteiger partial charge in [-0.3, -0.25) is 4.79 Å². The number of aromatic nitrogens is 1. The van der Waals surface area contributed by atoms with Crippen molar-refractivity contribution in [3.8, 4) is 22.3 Å². The third-order valence-corrected chi connectivity index (χ3v) is 3.62. The summed E-state index contributed by atoms with van der Waals surface area (Å²) in [7, 11) is 0. The van der Waals surface area contributed by atoms with Gasteiger partial charge < -0.3 is 9.84 Å². The maximum absolute atomic E-state index is 13.8. The molecule has 0 bridgehead atoms. The van der Waals surface area contributed by atoms with E-state index in [1.165, 1.54) is 30.0 Å². The molecule has 0 radical (unpaired) electrons. The Labute approximate surface area is 141 Å². The van der Waals surface area contributed by atoms with E-state index in [0.717, 1.165) is 6.07 Å². The van der Waals surface area contributed by atoms with Crippen molar-refractivity contribution in [2.24, 2.45) is 0 Å². The summed E-state index contributed by atoms with van der Waals surface area (Å²) >= 11 is 0. The van der Waals surface area contributed by atoms with Crippen LogP contribution in [0.5, 0.6) is 0 Å². The van der Waals surface area contributed by atoms with Gasteiger partial charge in [-0.1, -0.05) is 24.3 Å². The number of carbonyl (C=O) groups is 1. The van der Waals surface area contributed by atoms with Gasteiger partial charge in [-0.2, -0.15) is 4.74 Å². The molecular weight excluding hydrogens is 330 g/mol. The topological polar surface area (TPSA) is 64.2 Å². The number of hydrogen-bond acceptors (Lipinski definition) is 3. The zero-order chi connectivity index (χ0) is 18.0. The number of amides is 1. The van der Waals surface area contributed by atoms with Crippen molar-refractivity contribution in [1.29, 1.82) is 0 Å². The van der Waals surface area contributed by atoms with E-state index in [1.807, 2.05) is 0 Å². The monoisotopic (exact) mass is 344 g/mol. The van der Waals surface area contributed by atoms with Crippen LogP contribution in [0, 0.1) is 11.6 Å². The van der Waals surface area contributed by atoms with E-state index >= 15 is 0 Å². The van der Waals surface area contributed by atoms with Crippen molar-refractivity contribution in [2.45, 2.75) is 13.6 Å². The van der Waals surface area contributed by atoms with E-state index in [9.17, 15) is 18.4 Å². The number of carbonyl (C=O) groups excluding carboxylic acids is 1. The summed E-state index contributed by atoms with van der Waals surface area (Å²) < 4.78 is 33.1. The second kappa shape index (κ2) is 6.72. The average molecular weight is 344 g/mol. The normalized spacial score (nSPS) is 10.7. The Kier molecular flexibility index (Phi) is 4.47. The maximum Gasteiger partial charge on any atom is 0.365 e. The third kappa shape index (κ3) is 3.65. The summed E-state index contributed by atoms with van der Waals surface area (Å²) in [5.41, 5.74) is 1.18. The van der Waals surface area contributed by atoms with Gasteiger partial charge in [-0.15, -0.1) is 0 Å². The number of halogens is 2. The van der Waals surface area contributed by atoms with Crippen LogP contribution >= 0.6 is 0 Å². The number of rotatable bonds is 4. The van der Waals surface area contributed by atoms with E-state index in [2.05, 4.69) is 5.32 Å².